The average molecular weight is 416 g/mol. The van der Waals surface area contributed by atoms with Gasteiger partial charge in [0.1, 0.15) is 0 Å². The number of hydrogen-bond donors (Lipinski definition) is 0. The van der Waals surface area contributed by atoms with E-state index in [1.165, 1.54) is 44.2 Å². The summed E-state index contributed by atoms with van der Waals surface area (Å²) in [7, 11) is 0. The number of unbranched alkanes of at least 4 members (excludes halogenated alkanes) is 4. The first-order valence-corrected chi connectivity index (χ1v) is 10.5. The van der Waals surface area contributed by atoms with Crippen molar-refractivity contribution in [3.8, 4) is 0 Å². The van der Waals surface area contributed by atoms with E-state index in [4.69, 9.17) is 0 Å². The Kier molecular flexibility index (Phi) is 9.40. The number of benzene rings is 2. The molecule has 0 aromatic heterocycles. The van der Waals surface area contributed by atoms with E-state index in [2.05, 4.69) is 69.2 Å². The fourth-order valence-corrected chi connectivity index (χ4v) is 3.07. The quantitative estimate of drug-likeness (QED) is 0.269. The van der Waals surface area contributed by atoms with Crippen molar-refractivity contribution in [3.63, 3.8) is 0 Å². The molecule has 0 aliphatic heterocycles. The van der Waals surface area contributed by atoms with Crippen molar-refractivity contribution < 1.29 is 0 Å². The van der Waals surface area contributed by atoms with Crippen LogP contribution in [-0.4, -0.2) is 13.1 Å². The number of halogens is 1. The predicted molar refractivity (Wildman–Crippen MR) is 116 cm³/mol. The lowest BCUT2D eigenvalue weighted by atomic mass is 10.1. The molecule has 3 nitrogen and oxygen atoms in total. The first-order valence-electron chi connectivity index (χ1n) is 9.75. The molecule has 0 aliphatic rings. The summed E-state index contributed by atoms with van der Waals surface area (Å²) in [6.45, 7) is 6.78. The van der Waals surface area contributed by atoms with Gasteiger partial charge in [0.2, 0.25) is 0 Å². The van der Waals surface area contributed by atoms with Crippen LogP contribution in [0.15, 0.2) is 63.2 Å². The third kappa shape index (κ3) is 7.28. The first kappa shape index (κ1) is 20.6. The molecule has 0 atom stereocenters. The molecule has 0 saturated heterocycles. The highest BCUT2D eigenvalue weighted by Gasteiger charge is 2.06. The molecular formula is C22H30BrN3. The number of anilines is 1. The standard InChI is InChI=1S/C22H30BrN3/c1-3-5-7-8-18-26(17-6-4-2)22-15-13-21(14-16-22)25-24-20-11-9-19(23)10-12-20/h9-16H,3-8,17-18H2,1-2H3. The number of hydrogen-bond acceptors (Lipinski definition) is 3. The SMILES string of the molecule is CCCCCCN(CCCC)c1ccc(N=Nc2ccc(Br)cc2)cc1. The maximum atomic E-state index is 4.35. The molecule has 2 rings (SSSR count). The van der Waals surface area contributed by atoms with Gasteiger partial charge in [0.25, 0.3) is 0 Å². The van der Waals surface area contributed by atoms with Crippen LogP contribution in [0.3, 0.4) is 0 Å². The monoisotopic (exact) mass is 415 g/mol. The molecule has 140 valence electrons. The normalized spacial score (nSPS) is 11.2. The summed E-state index contributed by atoms with van der Waals surface area (Å²) in [6, 6.07) is 16.3. The maximum absolute atomic E-state index is 4.35. The van der Waals surface area contributed by atoms with E-state index >= 15 is 0 Å². The second-order valence-electron chi connectivity index (χ2n) is 6.59. The van der Waals surface area contributed by atoms with E-state index in [1.54, 1.807) is 0 Å². The van der Waals surface area contributed by atoms with Crippen LogP contribution in [0, 0.1) is 0 Å². The molecule has 26 heavy (non-hydrogen) atoms. The third-order valence-corrected chi connectivity index (χ3v) is 4.91. The van der Waals surface area contributed by atoms with Crippen LogP contribution in [0.1, 0.15) is 52.4 Å². The minimum atomic E-state index is 0.859. The lowest BCUT2D eigenvalue weighted by molar-refractivity contribution is 0.630. The fourth-order valence-electron chi connectivity index (χ4n) is 2.80. The smallest absolute Gasteiger partial charge is 0.0858 e. The van der Waals surface area contributed by atoms with Crippen molar-refractivity contribution in [2.45, 2.75) is 52.4 Å². The van der Waals surface area contributed by atoms with Gasteiger partial charge in [0, 0.05) is 23.2 Å². The van der Waals surface area contributed by atoms with Gasteiger partial charge in [-0.3, -0.25) is 0 Å². The molecule has 0 fully saturated rings. The Bertz CT molecular complexity index is 650. The molecule has 0 radical (unpaired) electrons. The minimum Gasteiger partial charge on any atom is -0.372 e. The van der Waals surface area contributed by atoms with Crippen molar-refractivity contribution in [2.75, 3.05) is 18.0 Å². The Morgan fingerprint density at radius 3 is 1.81 bits per heavy atom. The van der Waals surface area contributed by atoms with Crippen molar-refractivity contribution in [1.29, 1.82) is 0 Å². The third-order valence-electron chi connectivity index (χ3n) is 4.39. The van der Waals surface area contributed by atoms with Crippen molar-refractivity contribution in [3.05, 3.63) is 53.0 Å². The Morgan fingerprint density at radius 2 is 1.23 bits per heavy atom. The van der Waals surface area contributed by atoms with Crippen molar-refractivity contribution in [1.82, 2.24) is 0 Å². The van der Waals surface area contributed by atoms with Crippen LogP contribution < -0.4 is 4.90 Å². The van der Waals surface area contributed by atoms with Crippen LogP contribution in [0.5, 0.6) is 0 Å². The van der Waals surface area contributed by atoms with E-state index in [1.807, 2.05) is 24.3 Å². The largest absolute Gasteiger partial charge is 0.372 e. The van der Waals surface area contributed by atoms with Crippen molar-refractivity contribution in [2.24, 2.45) is 10.2 Å². The summed E-state index contributed by atoms with van der Waals surface area (Å²) in [6.07, 6.45) is 7.66. The Morgan fingerprint density at radius 1 is 0.692 bits per heavy atom. The highest BCUT2D eigenvalue weighted by molar-refractivity contribution is 9.10. The van der Waals surface area contributed by atoms with Gasteiger partial charge in [-0.15, -0.1) is 0 Å². The number of nitrogens with zero attached hydrogens (tertiary/aromatic N) is 3. The second kappa shape index (κ2) is 11.8. The summed E-state index contributed by atoms with van der Waals surface area (Å²) in [5.74, 6) is 0. The summed E-state index contributed by atoms with van der Waals surface area (Å²) in [4.78, 5) is 2.51. The zero-order valence-corrected chi connectivity index (χ0v) is 17.6. The van der Waals surface area contributed by atoms with Gasteiger partial charge < -0.3 is 4.90 Å². The summed E-state index contributed by atoms with van der Waals surface area (Å²) >= 11 is 3.43. The van der Waals surface area contributed by atoms with E-state index < -0.39 is 0 Å². The predicted octanol–water partition coefficient (Wildman–Crippen LogP) is 8.05. The molecule has 2 aromatic carbocycles. The molecule has 0 bridgehead atoms. The Labute approximate surface area is 166 Å². The van der Waals surface area contributed by atoms with Gasteiger partial charge in [-0.1, -0.05) is 55.5 Å². The molecule has 0 unspecified atom stereocenters. The van der Waals surface area contributed by atoms with E-state index in [0.717, 1.165) is 28.9 Å². The van der Waals surface area contributed by atoms with E-state index in [0.29, 0.717) is 0 Å². The van der Waals surface area contributed by atoms with Crippen molar-refractivity contribution >= 4 is 33.0 Å². The molecule has 0 aliphatic carbocycles. The van der Waals surface area contributed by atoms with Gasteiger partial charge in [-0.05, 0) is 61.4 Å². The highest BCUT2D eigenvalue weighted by Crippen LogP contribution is 2.24. The maximum Gasteiger partial charge on any atom is 0.0858 e. The molecule has 0 spiro atoms. The lowest BCUT2D eigenvalue weighted by Crippen LogP contribution is -2.25. The van der Waals surface area contributed by atoms with Crippen LogP contribution in [0.4, 0.5) is 17.1 Å². The fraction of sp³-hybridized carbons (Fsp3) is 0.455. The minimum absolute atomic E-state index is 0.859. The molecular weight excluding hydrogens is 386 g/mol. The highest BCUT2D eigenvalue weighted by atomic mass is 79.9. The van der Waals surface area contributed by atoms with Gasteiger partial charge in [0.15, 0.2) is 0 Å². The topological polar surface area (TPSA) is 28.0 Å². The number of azo groups is 1. The zero-order valence-electron chi connectivity index (χ0n) is 16.0. The van der Waals surface area contributed by atoms with Gasteiger partial charge >= 0.3 is 0 Å². The first-order chi connectivity index (χ1) is 12.7. The average Bonchev–Trinajstić information content (AvgIpc) is 2.67. The van der Waals surface area contributed by atoms with Crippen LogP contribution in [0.2, 0.25) is 0 Å². The Balaban J connectivity index is 1.98. The molecule has 0 heterocycles. The molecule has 4 heteroatoms. The second-order valence-corrected chi connectivity index (χ2v) is 7.51. The lowest BCUT2D eigenvalue weighted by Gasteiger charge is -2.25. The van der Waals surface area contributed by atoms with Gasteiger partial charge in [0.05, 0.1) is 11.4 Å². The summed E-state index contributed by atoms with van der Waals surface area (Å²) in [5, 5.41) is 8.65. The summed E-state index contributed by atoms with van der Waals surface area (Å²) < 4.78 is 1.05. The zero-order chi connectivity index (χ0) is 18.6. The molecule has 2 aromatic rings. The van der Waals surface area contributed by atoms with Crippen LogP contribution >= 0.6 is 15.9 Å². The van der Waals surface area contributed by atoms with E-state index in [9.17, 15) is 0 Å². The summed E-state index contributed by atoms with van der Waals surface area (Å²) in [5.41, 5.74) is 3.04. The molecule has 0 saturated carbocycles. The van der Waals surface area contributed by atoms with E-state index in [-0.39, 0.29) is 0 Å². The molecule has 0 N–H and O–H groups in total. The number of rotatable bonds is 11. The van der Waals surface area contributed by atoms with Gasteiger partial charge in [-0.2, -0.15) is 10.2 Å². The Hall–Kier alpha value is -1.68. The van der Waals surface area contributed by atoms with Crippen LogP contribution in [0.25, 0.3) is 0 Å². The van der Waals surface area contributed by atoms with Crippen LogP contribution in [-0.2, 0) is 0 Å². The van der Waals surface area contributed by atoms with Gasteiger partial charge in [-0.25, -0.2) is 0 Å². The molecule has 0 amide bonds.